The Balaban J connectivity index is 2.70. The Morgan fingerprint density at radius 1 is 1.34 bits per heavy atom. The van der Waals surface area contributed by atoms with E-state index in [1.165, 1.54) is 6.20 Å². The molecule has 10 heteroatoms. The third-order valence-corrected chi connectivity index (χ3v) is 6.06. The van der Waals surface area contributed by atoms with Crippen LogP contribution in [0.3, 0.4) is 0 Å². The van der Waals surface area contributed by atoms with Crippen LogP contribution in [-0.4, -0.2) is 54.7 Å². The van der Waals surface area contributed by atoms with Crippen LogP contribution in [0.15, 0.2) is 73.8 Å². The Morgan fingerprint density at radius 3 is 2.57 bits per heavy atom. The van der Waals surface area contributed by atoms with E-state index in [2.05, 4.69) is 32.4 Å². The Bertz CT molecular complexity index is 1140. The first-order valence-electron chi connectivity index (χ1n) is 11.2. The van der Waals surface area contributed by atoms with Gasteiger partial charge in [-0.2, -0.15) is 5.10 Å². The van der Waals surface area contributed by atoms with Gasteiger partial charge in [0.2, 0.25) is 0 Å². The maximum absolute atomic E-state index is 5.99. The van der Waals surface area contributed by atoms with Crippen molar-refractivity contribution < 1.29 is 4.74 Å². The number of hydrogen-bond donors (Lipinski definition) is 3. The quantitative estimate of drug-likeness (QED) is 0.141. The molecule has 0 aromatic carbocycles. The van der Waals surface area contributed by atoms with Crippen LogP contribution in [0.5, 0.6) is 0 Å². The number of aromatic nitrogens is 3. The second-order valence-electron chi connectivity index (χ2n) is 7.74. The second kappa shape index (κ2) is 13.4. The number of thioether (sulfide) groups is 1. The largest absolute Gasteiger partial charge is 0.492 e. The van der Waals surface area contributed by atoms with Crippen LogP contribution in [0, 0.1) is 6.92 Å². The Hall–Kier alpha value is -3.53. The molecule has 0 aliphatic heterocycles. The topological polar surface area (TPSA) is 117 Å². The third kappa shape index (κ3) is 7.22. The Morgan fingerprint density at radius 2 is 2.09 bits per heavy atom. The van der Waals surface area contributed by atoms with E-state index < -0.39 is 0 Å². The zero-order valence-corrected chi connectivity index (χ0v) is 22.6. The highest BCUT2D eigenvalue weighted by Gasteiger charge is 2.20. The zero-order valence-electron chi connectivity index (χ0n) is 21.8. The Labute approximate surface area is 212 Å². The van der Waals surface area contributed by atoms with E-state index in [0.29, 0.717) is 23.2 Å². The SMILES string of the molecule is CC/C(C)=C(C(\C=NC)=C\N)/C(OC)=C(\N=C(/C)N(C)c1ccc(SC)cn1)Nc1cc(C)[nH]n1. The molecule has 188 valence electrons. The lowest BCUT2D eigenvalue weighted by Crippen LogP contribution is -2.25. The van der Waals surface area contributed by atoms with Crippen molar-refractivity contribution in [3.8, 4) is 0 Å². The molecule has 0 amide bonds. The van der Waals surface area contributed by atoms with Crippen molar-refractivity contribution >= 4 is 35.4 Å². The number of rotatable bonds is 10. The van der Waals surface area contributed by atoms with Gasteiger partial charge in [-0.1, -0.05) is 12.5 Å². The number of hydrogen-bond acceptors (Lipinski definition) is 8. The summed E-state index contributed by atoms with van der Waals surface area (Å²) >= 11 is 1.65. The molecule has 0 saturated heterocycles. The number of aliphatic imine (C=N–C) groups is 2. The summed E-state index contributed by atoms with van der Waals surface area (Å²) in [5, 5.41) is 10.6. The van der Waals surface area contributed by atoms with Gasteiger partial charge in [-0.05, 0) is 45.6 Å². The van der Waals surface area contributed by atoms with Gasteiger partial charge >= 0.3 is 0 Å². The summed E-state index contributed by atoms with van der Waals surface area (Å²) in [6.07, 6.45) is 7.90. The molecule has 0 bridgehead atoms. The highest BCUT2D eigenvalue weighted by molar-refractivity contribution is 7.98. The number of methoxy groups -OCH3 is 1. The van der Waals surface area contributed by atoms with Crippen molar-refractivity contribution in [3.05, 3.63) is 64.6 Å². The molecule has 2 aromatic rings. The van der Waals surface area contributed by atoms with Crippen LogP contribution in [0.2, 0.25) is 0 Å². The fraction of sp³-hybridized carbons (Fsp3) is 0.360. The molecule has 0 aliphatic carbocycles. The average molecular weight is 497 g/mol. The van der Waals surface area contributed by atoms with Gasteiger partial charge < -0.3 is 20.7 Å². The van der Waals surface area contributed by atoms with Crippen molar-refractivity contribution in [2.75, 3.05) is 37.7 Å². The lowest BCUT2D eigenvalue weighted by atomic mass is 9.98. The molecule has 2 heterocycles. The van der Waals surface area contributed by atoms with Gasteiger partial charge in [-0.15, -0.1) is 11.8 Å². The highest BCUT2D eigenvalue weighted by atomic mass is 32.2. The van der Waals surface area contributed by atoms with Crippen molar-refractivity contribution in [3.63, 3.8) is 0 Å². The molecule has 2 rings (SSSR count). The van der Waals surface area contributed by atoms with Gasteiger partial charge in [0, 0.05) is 60.5 Å². The molecule has 35 heavy (non-hydrogen) atoms. The molecule has 0 saturated carbocycles. The first kappa shape index (κ1) is 27.7. The van der Waals surface area contributed by atoms with E-state index in [-0.39, 0.29) is 0 Å². The number of nitrogens with zero attached hydrogens (tertiary/aromatic N) is 5. The highest BCUT2D eigenvalue weighted by Crippen LogP contribution is 2.29. The molecule has 9 nitrogen and oxygen atoms in total. The third-order valence-electron chi connectivity index (χ3n) is 5.35. The lowest BCUT2D eigenvalue weighted by Gasteiger charge is -2.21. The van der Waals surface area contributed by atoms with E-state index in [9.17, 15) is 0 Å². The number of nitrogens with two attached hydrogens (primary N) is 1. The lowest BCUT2D eigenvalue weighted by molar-refractivity contribution is 0.297. The van der Waals surface area contributed by atoms with Crippen LogP contribution < -0.4 is 16.0 Å². The van der Waals surface area contributed by atoms with Crippen molar-refractivity contribution in [2.24, 2.45) is 15.7 Å². The summed E-state index contributed by atoms with van der Waals surface area (Å²) in [5.74, 6) is 3.11. The first-order valence-corrected chi connectivity index (χ1v) is 12.4. The number of aryl methyl sites for hydroxylation is 1. The van der Waals surface area contributed by atoms with Crippen LogP contribution in [0.1, 0.15) is 32.9 Å². The minimum absolute atomic E-state index is 0.482. The molecule has 0 spiro atoms. The van der Waals surface area contributed by atoms with E-state index >= 15 is 0 Å². The molecule has 0 aliphatic rings. The van der Waals surface area contributed by atoms with Crippen LogP contribution in [-0.2, 0) is 4.74 Å². The standard InChI is InChI=1S/C25H36N8OS/c1-9-16(2)23(19(13-26)14-27-5)24(34-7)25(30-21-12-17(3)31-32-21)29-18(4)33(6)22-11-10-20(35-8)15-28-22/h10-15H,9,26H2,1-8H3,(H2,30,31,32)/b19-13+,23-16+,25-24-,27-14?,29-18+. The number of anilines is 2. The molecule has 0 atom stereocenters. The van der Waals surface area contributed by atoms with Crippen molar-refractivity contribution in [2.45, 2.75) is 39.0 Å². The summed E-state index contributed by atoms with van der Waals surface area (Å²) in [7, 11) is 5.24. The summed E-state index contributed by atoms with van der Waals surface area (Å²) in [5.41, 5.74) is 9.54. The normalized spacial score (nSPS) is 14.1. The molecular formula is C25H36N8OS. The predicted octanol–water partition coefficient (Wildman–Crippen LogP) is 4.89. The van der Waals surface area contributed by atoms with Gasteiger partial charge in [0.05, 0.1) is 7.11 Å². The smallest absolute Gasteiger partial charge is 0.176 e. The molecular weight excluding hydrogens is 460 g/mol. The maximum Gasteiger partial charge on any atom is 0.176 e. The van der Waals surface area contributed by atoms with E-state index in [0.717, 1.165) is 39.5 Å². The number of ether oxygens (including phenoxy) is 1. The molecule has 0 radical (unpaired) electrons. The Kier molecular flexibility index (Phi) is 10.6. The van der Waals surface area contributed by atoms with Crippen molar-refractivity contribution in [1.29, 1.82) is 0 Å². The molecule has 2 aromatic heterocycles. The van der Waals surface area contributed by atoms with Gasteiger partial charge in [0.25, 0.3) is 0 Å². The van der Waals surface area contributed by atoms with Crippen LogP contribution in [0.4, 0.5) is 11.6 Å². The van der Waals surface area contributed by atoms with E-state index in [1.54, 1.807) is 32.1 Å². The van der Waals surface area contributed by atoms with Gasteiger partial charge in [-0.3, -0.25) is 10.1 Å². The van der Waals surface area contributed by atoms with E-state index in [1.807, 2.05) is 63.4 Å². The molecule has 4 N–H and O–H groups in total. The van der Waals surface area contributed by atoms with E-state index in [4.69, 9.17) is 15.5 Å². The number of nitrogens with one attached hydrogen (secondary N) is 2. The zero-order chi connectivity index (χ0) is 26.0. The van der Waals surface area contributed by atoms with Crippen molar-refractivity contribution in [1.82, 2.24) is 15.2 Å². The summed E-state index contributed by atoms with van der Waals surface area (Å²) in [6.45, 7) is 7.97. The number of H-pyrrole nitrogens is 1. The fourth-order valence-corrected chi connectivity index (χ4v) is 3.59. The number of allylic oxidation sites excluding steroid dienone is 2. The van der Waals surface area contributed by atoms with Gasteiger partial charge in [-0.25, -0.2) is 9.98 Å². The number of pyridine rings is 1. The molecule has 0 fully saturated rings. The first-order chi connectivity index (χ1) is 16.8. The summed E-state index contributed by atoms with van der Waals surface area (Å²) in [6, 6.07) is 5.90. The number of amidine groups is 1. The second-order valence-corrected chi connectivity index (χ2v) is 8.62. The average Bonchev–Trinajstić information content (AvgIpc) is 3.29. The minimum Gasteiger partial charge on any atom is -0.492 e. The van der Waals surface area contributed by atoms with Crippen LogP contribution in [0.25, 0.3) is 0 Å². The predicted molar refractivity (Wildman–Crippen MR) is 148 cm³/mol. The van der Waals surface area contributed by atoms with Gasteiger partial charge in [0.15, 0.2) is 17.4 Å². The molecule has 0 unspecified atom stereocenters. The maximum atomic E-state index is 5.99. The van der Waals surface area contributed by atoms with Crippen LogP contribution >= 0.6 is 11.8 Å². The summed E-state index contributed by atoms with van der Waals surface area (Å²) < 4.78 is 5.94. The summed E-state index contributed by atoms with van der Waals surface area (Å²) in [4.78, 5) is 16.7. The van der Waals surface area contributed by atoms with Gasteiger partial charge in [0.1, 0.15) is 11.7 Å². The minimum atomic E-state index is 0.482. The monoisotopic (exact) mass is 496 g/mol. The fourth-order valence-electron chi connectivity index (χ4n) is 3.23. The number of aromatic amines is 1.